The lowest BCUT2D eigenvalue weighted by Crippen LogP contribution is -2.33. The highest BCUT2D eigenvalue weighted by Crippen LogP contribution is 2.28. The first-order valence-electron chi connectivity index (χ1n) is 6.15. The number of unbranched alkanes of at least 4 members (excludes halogenated alkanes) is 2. The Morgan fingerprint density at radius 2 is 2.07 bits per heavy atom. The fourth-order valence-corrected chi connectivity index (χ4v) is 2.14. The Kier molecular flexibility index (Phi) is 6.30. The fraction of sp³-hybridized carbons (Fsp3) is 0.917. The summed E-state index contributed by atoms with van der Waals surface area (Å²) >= 11 is 3.39. The average Bonchev–Trinajstić information content (AvgIpc) is 3.03. The molecule has 0 heterocycles. The lowest BCUT2D eigenvalue weighted by molar-refractivity contribution is -0.132. The van der Waals surface area contributed by atoms with E-state index in [4.69, 9.17) is 0 Å². The van der Waals surface area contributed by atoms with E-state index in [0.29, 0.717) is 11.9 Å². The first-order chi connectivity index (χ1) is 7.29. The third kappa shape index (κ3) is 5.01. The van der Waals surface area contributed by atoms with Gasteiger partial charge in [-0.15, -0.1) is 0 Å². The maximum Gasteiger partial charge on any atom is 0.222 e. The van der Waals surface area contributed by atoms with Gasteiger partial charge in [0.1, 0.15) is 0 Å². The molecule has 0 spiro atoms. The molecule has 0 aromatic carbocycles. The molecule has 1 aliphatic rings. The monoisotopic (exact) mass is 275 g/mol. The number of rotatable bonds is 8. The van der Waals surface area contributed by atoms with E-state index >= 15 is 0 Å². The van der Waals surface area contributed by atoms with Gasteiger partial charge in [0, 0.05) is 24.3 Å². The number of nitrogens with zero attached hydrogens (tertiary/aromatic N) is 1. The Labute approximate surface area is 102 Å². The molecule has 0 aromatic rings. The molecule has 0 N–H and O–H groups in total. The molecule has 3 heteroatoms. The van der Waals surface area contributed by atoms with E-state index in [-0.39, 0.29) is 0 Å². The van der Waals surface area contributed by atoms with Crippen molar-refractivity contribution in [3.63, 3.8) is 0 Å². The lowest BCUT2D eigenvalue weighted by atomic mass is 10.2. The van der Waals surface area contributed by atoms with Crippen molar-refractivity contribution in [2.75, 3.05) is 11.9 Å². The van der Waals surface area contributed by atoms with Gasteiger partial charge in [-0.1, -0.05) is 29.3 Å². The molecule has 2 nitrogen and oxygen atoms in total. The maximum absolute atomic E-state index is 11.9. The smallest absolute Gasteiger partial charge is 0.222 e. The molecule has 0 aromatic heterocycles. The minimum absolute atomic E-state index is 0.381. The number of carbonyl (C=O) groups is 1. The van der Waals surface area contributed by atoms with Crippen molar-refractivity contribution in [1.82, 2.24) is 4.90 Å². The van der Waals surface area contributed by atoms with Gasteiger partial charge in [-0.25, -0.2) is 0 Å². The van der Waals surface area contributed by atoms with E-state index in [1.54, 1.807) is 0 Å². The number of amides is 1. The van der Waals surface area contributed by atoms with Crippen LogP contribution in [-0.2, 0) is 4.79 Å². The highest BCUT2D eigenvalue weighted by atomic mass is 79.9. The third-order valence-corrected chi connectivity index (χ3v) is 3.40. The van der Waals surface area contributed by atoms with Gasteiger partial charge in [-0.3, -0.25) is 4.79 Å². The maximum atomic E-state index is 11.9. The van der Waals surface area contributed by atoms with Crippen molar-refractivity contribution in [2.24, 2.45) is 0 Å². The van der Waals surface area contributed by atoms with Crippen LogP contribution >= 0.6 is 15.9 Å². The zero-order valence-electron chi connectivity index (χ0n) is 9.67. The first-order valence-corrected chi connectivity index (χ1v) is 7.27. The quantitative estimate of drug-likeness (QED) is 0.492. The van der Waals surface area contributed by atoms with Crippen LogP contribution in [0.5, 0.6) is 0 Å². The molecule has 88 valence electrons. The van der Waals surface area contributed by atoms with E-state index in [1.807, 2.05) is 0 Å². The number of halogens is 1. The van der Waals surface area contributed by atoms with Crippen LogP contribution in [0.4, 0.5) is 0 Å². The SMILES string of the molecule is CCCCN(C(=O)CCCCBr)C1CC1. The molecule has 0 atom stereocenters. The van der Waals surface area contributed by atoms with Crippen molar-refractivity contribution in [3.8, 4) is 0 Å². The van der Waals surface area contributed by atoms with Crippen molar-refractivity contribution in [2.45, 2.75) is 57.9 Å². The molecule has 1 fully saturated rings. The van der Waals surface area contributed by atoms with E-state index in [1.165, 1.54) is 19.3 Å². The Hall–Kier alpha value is -0.0500. The summed E-state index contributed by atoms with van der Waals surface area (Å²) in [5, 5.41) is 1.01. The molecular formula is C12H22BrNO. The van der Waals surface area contributed by atoms with Gasteiger partial charge in [0.15, 0.2) is 0 Å². The Morgan fingerprint density at radius 1 is 1.33 bits per heavy atom. The van der Waals surface area contributed by atoms with Gasteiger partial charge in [-0.2, -0.15) is 0 Å². The Bertz CT molecular complexity index is 192. The largest absolute Gasteiger partial charge is 0.340 e. The zero-order chi connectivity index (χ0) is 11.1. The van der Waals surface area contributed by atoms with Crippen LogP contribution < -0.4 is 0 Å². The van der Waals surface area contributed by atoms with Crippen LogP contribution in [0, 0.1) is 0 Å². The fourth-order valence-electron chi connectivity index (χ4n) is 1.74. The number of hydrogen-bond acceptors (Lipinski definition) is 1. The second-order valence-corrected chi connectivity index (χ2v) is 5.11. The van der Waals surface area contributed by atoms with Gasteiger partial charge < -0.3 is 4.90 Å². The van der Waals surface area contributed by atoms with Crippen LogP contribution in [-0.4, -0.2) is 28.7 Å². The van der Waals surface area contributed by atoms with Gasteiger partial charge >= 0.3 is 0 Å². The van der Waals surface area contributed by atoms with Crippen LogP contribution in [0.3, 0.4) is 0 Å². The molecule has 15 heavy (non-hydrogen) atoms. The van der Waals surface area contributed by atoms with Crippen LogP contribution in [0.1, 0.15) is 51.9 Å². The molecule has 1 rings (SSSR count). The van der Waals surface area contributed by atoms with Gasteiger partial charge in [0.25, 0.3) is 0 Å². The summed E-state index contributed by atoms with van der Waals surface area (Å²) in [5.74, 6) is 0.381. The van der Waals surface area contributed by atoms with E-state index in [9.17, 15) is 4.79 Å². The molecule has 0 radical (unpaired) electrons. The minimum atomic E-state index is 0.381. The van der Waals surface area contributed by atoms with E-state index < -0.39 is 0 Å². The molecule has 0 unspecified atom stereocenters. The second kappa shape index (κ2) is 7.26. The third-order valence-electron chi connectivity index (χ3n) is 2.83. The lowest BCUT2D eigenvalue weighted by Gasteiger charge is -2.22. The predicted octanol–water partition coefficient (Wildman–Crippen LogP) is 3.34. The van der Waals surface area contributed by atoms with Gasteiger partial charge in [0.05, 0.1) is 0 Å². The van der Waals surface area contributed by atoms with Crippen LogP contribution in [0.2, 0.25) is 0 Å². The number of hydrogen-bond donors (Lipinski definition) is 0. The van der Waals surface area contributed by atoms with Crippen LogP contribution in [0.25, 0.3) is 0 Å². The summed E-state index contributed by atoms with van der Waals surface area (Å²) in [6, 6.07) is 0.591. The molecular weight excluding hydrogens is 254 g/mol. The summed E-state index contributed by atoms with van der Waals surface area (Å²) in [4.78, 5) is 14.0. The second-order valence-electron chi connectivity index (χ2n) is 4.32. The van der Waals surface area contributed by atoms with Crippen molar-refractivity contribution in [1.29, 1.82) is 0 Å². The summed E-state index contributed by atoms with van der Waals surface area (Å²) in [6.07, 6.45) is 7.67. The average molecular weight is 276 g/mol. The molecule has 1 aliphatic carbocycles. The van der Waals surface area contributed by atoms with Crippen molar-refractivity contribution >= 4 is 21.8 Å². The summed E-state index contributed by atoms with van der Waals surface area (Å²) in [7, 11) is 0. The zero-order valence-corrected chi connectivity index (χ0v) is 11.3. The first kappa shape index (κ1) is 13.0. The highest BCUT2D eigenvalue weighted by molar-refractivity contribution is 9.09. The topological polar surface area (TPSA) is 20.3 Å². The molecule has 1 amide bonds. The molecule has 1 saturated carbocycles. The predicted molar refractivity (Wildman–Crippen MR) is 67.3 cm³/mol. The van der Waals surface area contributed by atoms with Gasteiger partial charge in [-0.05, 0) is 32.1 Å². The summed E-state index contributed by atoms with van der Waals surface area (Å²) < 4.78 is 0. The Morgan fingerprint density at radius 3 is 2.60 bits per heavy atom. The molecule has 0 aliphatic heterocycles. The van der Waals surface area contributed by atoms with Crippen molar-refractivity contribution in [3.05, 3.63) is 0 Å². The van der Waals surface area contributed by atoms with Crippen molar-refractivity contribution < 1.29 is 4.79 Å². The Balaban J connectivity index is 2.24. The van der Waals surface area contributed by atoms with Gasteiger partial charge in [0.2, 0.25) is 5.91 Å². The molecule has 0 bridgehead atoms. The van der Waals surface area contributed by atoms with E-state index in [2.05, 4.69) is 27.8 Å². The highest BCUT2D eigenvalue weighted by Gasteiger charge is 2.31. The minimum Gasteiger partial charge on any atom is -0.340 e. The van der Waals surface area contributed by atoms with Crippen LogP contribution in [0.15, 0.2) is 0 Å². The standard InChI is InChI=1S/C12H22BrNO/c1-2-3-10-14(11-7-8-11)12(15)6-4-5-9-13/h11H,2-10H2,1H3. The summed E-state index contributed by atoms with van der Waals surface area (Å²) in [6.45, 7) is 3.16. The van der Waals surface area contributed by atoms with E-state index in [0.717, 1.165) is 37.6 Å². The number of carbonyl (C=O) groups excluding carboxylic acids is 1. The normalized spacial score (nSPS) is 15.3. The number of alkyl halides is 1. The molecule has 0 saturated heterocycles. The summed E-state index contributed by atoms with van der Waals surface area (Å²) in [5.41, 5.74) is 0.